The summed E-state index contributed by atoms with van der Waals surface area (Å²) < 4.78 is 6.59. The first kappa shape index (κ1) is 5.22. The molecule has 0 amide bonds. The minimum atomic E-state index is 0.678. The lowest BCUT2D eigenvalue weighted by atomic mass is 10.6. The second kappa shape index (κ2) is 1.98. The third-order valence-corrected chi connectivity index (χ3v) is 1.15. The highest BCUT2D eigenvalue weighted by Crippen LogP contribution is 2.03. The molecule has 0 aliphatic carbocycles. The van der Waals surface area contributed by atoms with Gasteiger partial charge in [0.2, 0.25) is 5.88 Å². The third kappa shape index (κ3) is 0.699. The van der Waals surface area contributed by atoms with Crippen molar-refractivity contribution in [2.75, 3.05) is 0 Å². The Hall–Kier alpha value is -1.58. The number of furan rings is 1. The molecule has 0 aliphatic heterocycles. The Balaban J connectivity index is 2.48. The molecule has 0 fully saturated rings. The quantitative estimate of drug-likeness (QED) is 0.582. The second-order valence-electron chi connectivity index (χ2n) is 1.79. The Kier molecular flexibility index (Phi) is 1.04. The van der Waals surface area contributed by atoms with E-state index in [0.29, 0.717) is 5.88 Å². The summed E-state index contributed by atoms with van der Waals surface area (Å²) in [5.41, 5.74) is 0. The lowest BCUT2D eigenvalue weighted by molar-refractivity contribution is 0.522. The molecule has 0 spiro atoms. The predicted octanol–water partition coefficient (Wildman–Crippen LogP) is 0.860. The zero-order valence-corrected chi connectivity index (χ0v) is 5.14. The van der Waals surface area contributed by atoms with E-state index < -0.39 is 0 Å². The first-order valence-electron chi connectivity index (χ1n) is 2.85. The van der Waals surface area contributed by atoms with Crippen LogP contribution in [0.25, 0.3) is 5.88 Å². The van der Waals surface area contributed by atoms with Gasteiger partial charge in [0, 0.05) is 6.07 Å². The van der Waals surface area contributed by atoms with Gasteiger partial charge in [-0.05, 0) is 6.07 Å². The molecule has 0 N–H and O–H groups in total. The summed E-state index contributed by atoms with van der Waals surface area (Å²) in [5, 5.41) is 3.87. The molecule has 0 aliphatic rings. The first-order valence-corrected chi connectivity index (χ1v) is 2.85. The van der Waals surface area contributed by atoms with E-state index in [1.807, 2.05) is 6.07 Å². The Morgan fingerprint density at radius 2 is 2.50 bits per heavy atom. The summed E-state index contributed by atoms with van der Waals surface area (Å²) in [7, 11) is 0. The lowest BCUT2D eigenvalue weighted by Crippen LogP contribution is -1.89. The van der Waals surface area contributed by atoms with Crippen LogP contribution in [-0.2, 0) is 0 Å². The summed E-state index contributed by atoms with van der Waals surface area (Å²) in [6.45, 7) is 0. The maximum absolute atomic E-state index is 5.04. The van der Waals surface area contributed by atoms with Crippen molar-refractivity contribution in [1.82, 2.24) is 14.8 Å². The van der Waals surface area contributed by atoms with Gasteiger partial charge in [-0.1, -0.05) is 0 Å². The molecule has 0 unspecified atom stereocenters. The zero-order chi connectivity index (χ0) is 6.81. The second-order valence-corrected chi connectivity index (χ2v) is 1.79. The molecule has 10 heavy (non-hydrogen) atoms. The fourth-order valence-corrected chi connectivity index (χ4v) is 0.722. The Bertz CT molecular complexity index is 252. The van der Waals surface area contributed by atoms with Crippen molar-refractivity contribution in [3.63, 3.8) is 0 Å². The molecule has 50 valence electrons. The van der Waals surface area contributed by atoms with Gasteiger partial charge in [-0.3, -0.25) is 0 Å². The van der Waals surface area contributed by atoms with E-state index in [1.54, 1.807) is 23.3 Å². The van der Waals surface area contributed by atoms with E-state index >= 15 is 0 Å². The molecular formula is C6H5N3O. The normalized spacial score (nSPS) is 10.0. The molecule has 0 bridgehead atoms. The van der Waals surface area contributed by atoms with Gasteiger partial charge < -0.3 is 4.42 Å². The Morgan fingerprint density at radius 1 is 1.50 bits per heavy atom. The van der Waals surface area contributed by atoms with E-state index in [4.69, 9.17) is 4.42 Å². The number of aromatic nitrogens is 3. The largest absolute Gasteiger partial charge is 0.447 e. The molecule has 2 aromatic rings. The lowest BCUT2D eigenvalue weighted by Gasteiger charge is -1.89. The molecule has 0 atom stereocenters. The van der Waals surface area contributed by atoms with Crippen LogP contribution < -0.4 is 0 Å². The van der Waals surface area contributed by atoms with Crippen molar-refractivity contribution in [1.29, 1.82) is 0 Å². The fraction of sp³-hybridized carbons (Fsp3) is 0. The van der Waals surface area contributed by atoms with Gasteiger partial charge in [0.05, 0.1) is 6.26 Å². The van der Waals surface area contributed by atoms with Gasteiger partial charge in [-0.15, -0.1) is 0 Å². The van der Waals surface area contributed by atoms with E-state index in [-0.39, 0.29) is 0 Å². The molecule has 2 aromatic heterocycles. The summed E-state index contributed by atoms with van der Waals surface area (Å²) >= 11 is 0. The van der Waals surface area contributed by atoms with Crippen molar-refractivity contribution in [2.24, 2.45) is 0 Å². The number of rotatable bonds is 1. The molecule has 0 saturated carbocycles. The van der Waals surface area contributed by atoms with E-state index in [9.17, 15) is 0 Å². The van der Waals surface area contributed by atoms with Gasteiger partial charge in [-0.25, -0.2) is 4.98 Å². The van der Waals surface area contributed by atoms with Crippen molar-refractivity contribution in [3.8, 4) is 5.88 Å². The van der Waals surface area contributed by atoms with Crippen molar-refractivity contribution in [2.45, 2.75) is 0 Å². The van der Waals surface area contributed by atoms with Gasteiger partial charge in [0.25, 0.3) is 0 Å². The van der Waals surface area contributed by atoms with Crippen LogP contribution in [0.1, 0.15) is 0 Å². The molecular weight excluding hydrogens is 130 g/mol. The van der Waals surface area contributed by atoms with E-state index in [2.05, 4.69) is 10.1 Å². The summed E-state index contributed by atoms with van der Waals surface area (Å²) in [4.78, 5) is 3.77. The molecule has 2 heterocycles. The number of hydrogen-bond acceptors (Lipinski definition) is 3. The van der Waals surface area contributed by atoms with Crippen LogP contribution in [0.15, 0.2) is 35.5 Å². The summed E-state index contributed by atoms with van der Waals surface area (Å²) in [5.74, 6) is 0.678. The highest BCUT2D eigenvalue weighted by Gasteiger charge is 1.95. The maximum Gasteiger partial charge on any atom is 0.221 e. The van der Waals surface area contributed by atoms with Crippen LogP contribution in [-0.4, -0.2) is 14.8 Å². The summed E-state index contributed by atoms with van der Waals surface area (Å²) in [6.07, 6.45) is 4.64. The van der Waals surface area contributed by atoms with Crippen LogP contribution in [0.5, 0.6) is 0 Å². The average molecular weight is 135 g/mol. The molecule has 2 rings (SSSR count). The molecule has 0 saturated heterocycles. The van der Waals surface area contributed by atoms with E-state index in [1.165, 1.54) is 6.33 Å². The molecule has 4 heteroatoms. The zero-order valence-electron chi connectivity index (χ0n) is 5.14. The monoisotopic (exact) mass is 135 g/mol. The SMILES string of the molecule is c1coc(-n2cncn2)c1. The van der Waals surface area contributed by atoms with E-state index in [0.717, 1.165) is 0 Å². The van der Waals surface area contributed by atoms with Crippen LogP contribution in [0.2, 0.25) is 0 Å². The third-order valence-electron chi connectivity index (χ3n) is 1.15. The average Bonchev–Trinajstić information content (AvgIpc) is 2.59. The van der Waals surface area contributed by atoms with Crippen molar-refractivity contribution in [3.05, 3.63) is 31.1 Å². The van der Waals surface area contributed by atoms with Crippen molar-refractivity contribution >= 4 is 0 Å². The van der Waals surface area contributed by atoms with Crippen LogP contribution in [0.4, 0.5) is 0 Å². The maximum atomic E-state index is 5.04. The van der Waals surface area contributed by atoms with Gasteiger partial charge in [0.1, 0.15) is 12.7 Å². The van der Waals surface area contributed by atoms with Gasteiger partial charge in [0.15, 0.2) is 0 Å². The highest BCUT2D eigenvalue weighted by molar-refractivity contribution is 5.13. The van der Waals surface area contributed by atoms with Crippen molar-refractivity contribution < 1.29 is 4.42 Å². The highest BCUT2D eigenvalue weighted by atomic mass is 16.3. The summed E-state index contributed by atoms with van der Waals surface area (Å²) in [6, 6.07) is 3.62. The molecule has 4 nitrogen and oxygen atoms in total. The standard InChI is InChI=1S/C6H5N3O/c1-2-6(10-3-1)9-5-7-4-8-9/h1-5H. The Morgan fingerprint density at radius 3 is 3.10 bits per heavy atom. The van der Waals surface area contributed by atoms with Crippen LogP contribution in [0.3, 0.4) is 0 Å². The van der Waals surface area contributed by atoms with Gasteiger partial charge >= 0.3 is 0 Å². The number of hydrogen-bond donors (Lipinski definition) is 0. The smallest absolute Gasteiger partial charge is 0.221 e. The van der Waals surface area contributed by atoms with Gasteiger partial charge in [-0.2, -0.15) is 9.78 Å². The van der Waals surface area contributed by atoms with Crippen LogP contribution >= 0.6 is 0 Å². The molecule has 0 aromatic carbocycles. The van der Waals surface area contributed by atoms with Crippen LogP contribution in [0, 0.1) is 0 Å². The molecule has 0 radical (unpaired) electrons. The number of nitrogens with zero attached hydrogens (tertiary/aromatic N) is 3. The first-order chi connectivity index (χ1) is 4.97. The minimum Gasteiger partial charge on any atom is -0.447 e. The fourth-order valence-electron chi connectivity index (χ4n) is 0.722. The predicted molar refractivity (Wildman–Crippen MR) is 33.6 cm³/mol. The minimum absolute atomic E-state index is 0.678. The Labute approximate surface area is 57.1 Å². The topological polar surface area (TPSA) is 43.9 Å².